The lowest BCUT2D eigenvalue weighted by Gasteiger charge is -2.35. The van der Waals surface area contributed by atoms with Gasteiger partial charge in [-0.05, 0) is 43.0 Å². The zero-order valence-corrected chi connectivity index (χ0v) is 16.3. The van der Waals surface area contributed by atoms with Gasteiger partial charge in [0, 0.05) is 32.2 Å². The van der Waals surface area contributed by atoms with E-state index >= 15 is 0 Å². The molecule has 2 heterocycles. The fraction of sp³-hybridized carbons (Fsp3) is 0.450. The number of fused-ring (bicyclic) bond motifs is 1. The van der Waals surface area contributed by atoms with Gasteiger partial charge in [0.1, 0.15) is 11.5 Å². The number of carbonyl (C=O) groups is 1. The molecule has 0 saturated carbocycles. The summed E-state index contributed by atoms with van der Waals surface area (Å²) in [6, 6.07) is 7.35. The van der Waals surface area contributed by atoms with Crippen molar-refractivity contribution in [2.75, 3.05) is 50.6 Å². The van der Waals surface area contributed by atoms with Gasteiger partial charge in [-0.2, -0.15) is 5.10 Å². The Labute approximate surface area is 164 Å². The fourth-order valence-electron chi connectivity index (χ4n) is 3.71. The maximum absolute atomic E-state index is 12.7. The van der Waals surface area contributed by atoms with E-state index in [9.17, 15) is 4.79 Å². The topological polar surface area (TPSA) is 79.8 Å². The van der Waals surface area contributed by atoms with Crippen molar-refractivity contribution in [2.24, 2.45) is 0 Å². The second kappa shape index (κ2) is 7.92. The Morgan fingerprint density at radius 2 is 1.86 bits per heavy atom. The average Bonchev–Trinajstić information content (AvgIpc) is 3.22. The lowest BCUT2D eigenvalue weighted by molar-refractivity contribution is 0.208. The molecule has 1 aromatic heterocycles. The molecule has 1 N–H and O–H groups in total. The highest BCUT2D eigenvalue weighted by molar-refractivity contribution is 5.91. The van der Waals surface area contributed by atoms with Crippen LogP contribution in [0.25, 0.3) is 0 Å². The molecule has 8 nitrogen and oxygen atoms in total. The third-order valence-corrected chi connectivity index (χ3v) is 5.35. The maximum Gasteiger partial charge on any atom is 0.322 e. The Kier molecular flexibility index (Phi) is 5.18. The first-order valence-electron chi connectivity index (χ1n) is 9.56. The van der Waals surface area contributed by atoms with Crippen molar-refractivity contribution in [3.63, 3.8) is 0 Å². The van der Waals surface area contributed by atoms with E-state index < -0.39 is 0 Å². The largest absolute Gasteiger partial charge is 0.497 e. The second-order valence-corrected chi connectivity index (χ2v) is 7.00. The minimum atomic E-state index is -0.136. The summed E-state index contributed by atoms with van der Waals surface area (Å²) >= 11 is 0. The SMILES string of the molecule is COc1ccc(NC(=O)N2CCN(c3cc4c(nn3)CCC4)CC2)c(OC)c1. The van der Waals surface area contributed by atoms with Crippen molar-refractivity contribution in [3.8, 4) is 11.5 Å². The molecule has 1 aromatic carbocycles. The maximum atomic E-state index is 12.7. The summed E-state index contributed by atoms with van der Waals surface area (Å²) in [6.45, 7) is 2.73. The number of nitrogens with zero attached hydrogens (tertiary/aromatic N) is 4. The van der Waals surface area contributed by atoms with Crippen molar-refractivity contribution < 1.29 is 14.3 Å². The molecular formula is C20H25N5O3. The highest BCUT2D eigenvalue weighted by Gasteiger charge is 2.24. The van der Waals surface area contributed by atoms with E-state index in [1.807, 2.05) is 0 Å². The van der Waals surface area contributed by atoms with Gasteiger partial charge in [-0.3, -0.25) is 0 Å². The van der Waals surface area contributed by atoms with E-state index in [-0.39, 0.29) is 6.03 Å². The third-order valence-electron chi connectivity index (χ3n) is 5.35. The number of anilines is 2. The quantitative estimate of drug-likeness (QED) is 0.873. The number of ether oxygens (including phenoxy) is 2. The fourth-order valence-corrected chi connectivity index (χ4v) is 3.71. The predicted octanol–water partition coefficient (Wildman–Crippen LogP) is 2.34. The second-order valence-electron chi connectivity index (χ2n) is 7.00. The number of piperazine rings is 1. The summed E-state index contributed by atoms with van der Waals surface area (Å²) < 4.78 is 10.5. The molecule has 0 atom stereocenters. The van der Waals surface area contributed by atoms with Crippen molar-refractivity contribution in [2.45, 2.75) is 19.3 Å². The molecule has 2 amide bonds. The van der Waals surface area contributed by atoms with Crippen LogP contribution in [-0.2, 0) is 12.8 Å². The number of methoxy groups -OCH3 is 2. The van der Waals surface area contributed by atoms with Crippen LogP contribution in [0.4, 0.5) is 16.3 Å². The summed E-state index contributed by atoms with van der Waals surface area (Å²) in [5, 5.41) is 11.7. The number of aromatic nitrogens is 2. The Morgan fingerprint density at radius 3 is 2.61 bits per heavy atom. The number of hydrogen-bond donors (Lipinski definition) is 1. The highest BCUT2D eigenvalue weighted by atomic mass is 16.5. The number of urea groups is 1. The first kappa shape index (κ1) is 18.3. The molecule has 0 spiro atoms. The van der Waals surface area contributed by atoms with Crippen LogP contribution in [0.3, 0.4) is 0 Å². The number of amides is 2. The molecular weight excluding hydrogens is 358 g/mol. The van der Waals surface area contributed by atoms with Gasteiger partial charge in [-0.25, -0.2) is 4.79 Å². The van der Waals surface area contributed by atoms with Crippen molar-refractivity contribution in [3.05, 3.63) is 35.5 Å². The summed E-state index contributed by atoms with van der Waals surface area (Å²) in [5.74, 6) is 2.16. The lowest BCUT2D eigenvalue weighted by Crippen LogP contribution is -2.50. The van der Waals surface area contributed by atoms with Gasteiger partial charge in [0.2, 0.25) is 0 Å². The van der Waals surface area contributed by atoms with E-state index in [2.05, 4.69) is 26.5 Å². The zero-order valence-electron chi connectivity index (χ0n) is 16.3. The molecule has 0 unspecified atom stereocenters. The molecule has 2 aliphatic rings. The van der Waals surface area contributed by atoms with E-state index in [0.717, 1.165) is 43.9 Å². The standard InChI is InChI=1S/C20H25N5O3/c1-27-15-6-7-17(18(13-15)28-2)21-20(26)25-10-8-24(9-11-25)19-12-14-4-3-5-16(14)22-23-19/h6-7,12-13H,3-5,8-11H2,1-2H3,(H,21,26). The zero-order chi connectivity index (χ0) is 19.5. The Balaban J connectivity index is 1.36. The van der Waals surface area contributed by atoms with Crippen LogP contribution >= 0.6 is 0 Å². The van der Waals surface area contributed by atoms with E-state index in [0.29, 0.717) is 30.3 Å². The molecule has 1 aliphatic carbocycles. The van der Waals surface area contributed by atoms with Crippen LogP contribution < -0.4 is 19.7 Å². The van der Waals surface area contributed by atoms with Gasteiger partial charge in [-0.1, -0.05) is 0 Å². The van der Waals surface area contributed by atoms with Crippen LogP contribution in [0.5, 0.6) is 11.5 Å². The minimum Gasteiger partial charge on any atom is -0.497 e. The third kappa shape index (κ3) is 3.67. The average molecular weight is 383 g/mol. The van der Waals surface area contributed by atoms with Gasteiger partial charge in [-0.15, -0.1) is 5.10 Å². The number of nitrogens with one attached hydrogen (secondary N) is 1. The van der Waals surface area contributed by atoms with Crippen molar-refractivity contribution >= 4 is 17.5 Å². The summed E-state index contributed by atoms with van der Waals surface area (Å²) in [4.78, 5) is 16.7. The molecule has 1 fully saturated rings. The number of aryl methyl sites for hydroxylation is 2. The van der Waals surface area contributed by atoms with E-state index in [1.165, 1.54) is 5.56 Å². The molecule has 0 radical (unpaired) electrons. The van der Waals surface area contributed by atoms with Gasteiger partial charge < -0.3 is 24.6 Å². The summed E-state index contributed by atoms with van der Waals surface area (Å²) in [5.41, 5.74) is 3.08. The monoisotopic (exact) mass is 383 g/mol. The van der Waals surface area contributed by atoms with Crippen LogP contribution in [0.2, 0.25) is 0 Å². The van der Waals surface area contributed by atoms with Gasteiger partial charge >= 0.3 is 6.03 Å². The van der Waals surface area contributed by atoms with Gasteiger partial charge in [0.25, 0.3) is 0 Å². The van der Waals surface area contributed by atoms with Gasteiger partial charge in [0.15, 0.2) is 5.82 Å². The highest BCUT2D eigenvalue weighted by Crippen LogP contribution is 2.29. The molecule has 1 aliphatic heterocycles. The molecule has 0 bridgehead atoms. The smallest absolute Gasteiger partial charge is 0.322 e. The molecule has 4 rings (SSSR count). The Hall–Kier alpha value is -3.03. The molecule has 28 heavy (non-hydrogen) atoms. The van der Waals surface area contributed by atoms with Crippen LogP contribution in [0.15, 0.2) is 24.3 Å². The number of carbonyl (C=O) groups excluding carboxylic acids is 1. The number of hydrogen-bond acceptors (Lipinski definition) is 6. The Bertz CT molecular complexity index is 865. The molecule has 8 heteroatoms. The molecule has 1 saturated heterocycles. The summed E-state index contributed by atoms with van der Waals surface area (Å²) in [6.07, 6.45) is 3.28. The molecule has 2 aromatic rings. The minimum absolute atomic E-state index is 0.136. The first-order valence-corrected chi connectivity index (χ1v) is 9.56. The predicted molar refractivity (Wildman–Crippen MR) is 106 cm³/mol. The number of benzene rings is 1. The van der Waals surface area contributed by atoms with Gasteiger partial charge in [0.05, 0.1) is 25.6 Å². The first-order chi connectivity index (χ1) is 13.7. The van der Waals surface area contributed by atoms with Crippen LogP contribution in [0, 0.1) is 0 Å². The van der Waals surface area contributed by atoms with Crippen LogP contribution in [-0.4, -0.2) is 61.5 Å². The van der Waals surface area contributed by atoms with E-state index in [4.69, 9.17) is 9.47 Å². The Morgan fingerprint density at radius 1 is 1.04 bits per heavy atom. The normalized spacial score (nSPS) is 15.9. The van der Waals surface area contributed by atoms with E-state index in [1.54, 1.807) is 37.3 Å². The lowest BCUT2D eigenvalue weighted by atomic mass is 10.2. The van der Waals surface area contributed by atoms with Crippen LogP contribution in [0.1, 0.15) is 17.7 Å². The van der Waals surface area contributed by atoms with Crippen molar-refractivity contribution in [1.82, 2.24) is 15.1 Å². The molecule has 148 valence electrons. The summed E-state index contributed by atoms with van der Waals surface area (Å²) in [7, 11) is 3.17. The van der Waals surface area contributed by atoms with Crippen molar-refractivity contribution in [1.29, 1.82) is 0 Å². The number of rotatable bonds is 4.